The number of aliphatic imine (C=N–C) groups is 2. The van der Waals surface area contributed by atoms with Crippen LogP contribution in [0.3, 0.4) is 0 Å². The molecule has 3 nitrogen and oxygen atoms in total. The van der Waals surface area contributed by atoms with E-state index in [0.717, 1.165) is 11.4 Å². The van der Waals surface area contributed by atoms with Crippen molar-refractivity contribution >= 4 is 12.1 Å². The summed E-state index contributed by atoms with van der Waals surface area (Å²) in [7, 11) is 0. The minimum atomic E-state index is 0.284. The van der Waals surface area contributed by atoms with Crippen molar-refractivity contribution < 1.29 is 0 Å². The average molecular weight is 147 g/mol. The van der Waals surface area contributed by atoms with Crippen molar-refractivity contribution in [3.63, 3.8) is 0 Å². The van der Waals surface area contributed by atoms with Crippen molar-refractivity contribution in [3.05, 3.63) is 23.9 Å². The monoisotopic (exact) mass is 147 g/mol. The zero-order chi connectivity index (χ0) is 7.68. The van der Waals surface area contributed by atoms with E-state index in [-0.39, 0.29) is 5.92 Å². The highest BCUT2D eigenvalue weighted by molar-refractivity contribution is 6.09. The molecule has 3 heteroatoms. The Morgan fingerprint density at radius 2 is 2.45 bits per heavy atom. The SMILES string of the molecule is NC[C@H]1C=NC2=NC=CC2=C1. The summed E-state index contributed by atoms with van der Waals surface area (Å²) >= 11 is 0. The van der Waals surface area contributed by atoms with Crippen molar-refractivity contribution in [1.82, 2.24) is 0 Å². The van der Waals surface area contributed by atoms with Crippen molar-refractivity contribution in [2.45, 2.75) is 0 Å². The zero-order valence-electron chi connectivity index (χ0n) is 6.07. The van der Waals surface area contributed by atoms with Gasteiger partial charge < -0.3 is 5.73 Å². The second kappa shape index (κ2) is 2.43. The summed E-state index contributed by atoms with van der Waals surface area (Å²) in [5, 5.41) is 0. The topological polar surface area (TPSA) is 50.7 Å². The maximum absolute atomic E-state index is 5.49. The number of fused-ring (bicyclic) bond motifs is 1. The summed E-state index contributed by atoms with van der Waals surface area (Å²) in [5.41, 5.74) is 6.59. The molecule has 2 aliphatic heterocycles. The Hall–Kier alpha value is -1.22. The minimum absolute atomic E-state index is 0.284. The second-order valence-corrected chi connectivity index (χ2v) is 2.57. The number of nitrogens with zero attached hydrogens (tertiary/aromatic N) is 2. The van der Waals surface area contributed by atoms with Gasteiger partial charge in [0.05, 0.1) is 0 Å². The van der Waals surface area contributed by atoms with E-state index in [1.54, 1.807) is 6.20 Å². The minimum Gasteiger partial charge on any atom is -0.330 e. The Morgan fingerprint density at radius 1 is 1.55 bits per heavy atom. The first-order valence-corrected chi connectivity index (χ1v) is 3.61. The first-order valence-electron chi connectivity index (χ1n) is 3.61. The van der Waals surface area contributed by atoms with Crippen LogP contribution in [0.4, 0.5) is 0 Å². The number of hydrogen-bond acceptors (Lipinski definition) is 3. The predicted octanol–water partition coefficient (Wildman–Crippen LogP) is 0.498. The summed E-state index contributed by atoms with van der Waals surface area (Å²) < 4.78 is 0. The molecule has 1 atom stereocenters. The van der Waals surface area contributed by atoms with Gasteiger partial charge in [-0.25, -0.2) is 9.98 Å². The maximum atomic E-state index is 5.49. The Morgan fingerprint density at radius 3 is 3.27 bits per heavy atom. The molecule has 2 N–H and O–H groups in total. The van der Waals surface area contributed by atoms with Gasteiger partial charge >= 0.3 is 0 Å². The van der Waals surface area contributed by atoms with Gasteiger partial charge in [0.25, 0.3) is 0 Å². The molecule has 2 rings (SSSR count). The highest BCUT2D eigenvalue weighted by atomic mass is 14.9. The van der Waals surface area contributed by atoms with Crippen molar-refractivity contribution in [2.75, 3.05) is 6.54 Å². The molecule has 0 aliphatic carbocycles. The third kappa shape index (κ3) is 1.03. The number of rotatable bonds is 1. The van der Waals surface area contributed by atoms with Gasteiger partial charge in [-0.05, 0) is 6.08 Å². The quantitative estimate of drug-likeness (QED) is 0.576. The lowest BCUT2D eigenvalue weighted by molar-refractivity contribution is 0.873. The summed E-state index contributed by atoms with van der Waals surface area (Å²) in [5.74, 6) is 1.10. The first kappa shape index (κ1) is 6.49. The second-order valence-electron chi connectivity index (χ2n) is 2.57. The van der Waals surface area contributed by atoms with E-state index in [1.165, 1.54) is 0 Å². The van der Waals surface area contributed by atoms with Gasteiger partial charge in [-0.15, -0.1) is 0 Å². The summed E-state index contributed by atoms with van der Waals surface area (Å²) in [6.07, 6.45) is 7.65. The summed E-state index contributed by atoms with van der Waals surface area (Å²) in [6.45, 7) is 0.619. The maximum Gasteiger partial charge on any atom is 0.158 e. The van der Waals surface area contributed by atoms with Crippen molar-refractivity contribution in [2.24, 2.45) is 21.6 Å². The Bertz CT molecular complexity index is 284. The molecule has 11 heavy (non-hydrogen) atoms. The van der Waals surface area contributed by atoms with Crippen LogP contribution in [0, 0.1) is 5.92 Å². The molecule has 0 unspecified atom stereocenters. The van der Waals surface area contributed by atoms with Gasteiger partial charge in [-0.2, -0.15) is 0 Å². The molecule has 2 heterocycles. The zero-order valence-corrected chi connectivity index (χ0v) is 6.07. The fourth-order valence-corrected chi connectivity index (χ4v) is 1.14. The third-order valence-electron chi connectivity index (χ3n) is 1.76. The highest BCUT2D eigenvalue weighted by Gasteiger charge is 2.13. The fraction of sp³-hybridized carbons (Fsp3) is 0.250. The van der Waals surface area contributed by atoms with Crippen LogP contribution >= 0.6 is 0 Å². The van der Waals surface area contributed by atoms with Crippen LogP contribution in [0.5, 0.6) is 0 Å². The van der Waals surface area contributed by atoms with E-state index in [0.29, 0.717) is 6.54 Å². The molecule has 0 saturated heterocycles. The van der Waals surface area contributed by atoms with Crippen LogP contribution in [0.25, 0.3) is 0 Å². The molecule has 0 aromatic heterocycles. The van der Waals surface area contributed by atoms with E-state index < -0.39 is 0 Å². The predicted molar refractivity (Wildman–Crippen MR) is 45.7 cm³/mol. The van der Waals surface area contributed by atoms with Crippen LogP contribution in [0.1, 0.15) is 0 Å². The fourth-order valence-electron chi connectivity index (χ4n) is 1.14. The van der Waals surface area contributed by atoms with E-state index in [1.807, 2.05) is 12.3 Å². The Balaban J connectivity index is 2.30. The van der Waals surface area contributed by atoms with E-state index in [9.17, 15) is 0 Å². The molecule has 56 valence electrons. The van der Waals surface area contributed by atoms with Crippen molar-refractivity contribution in [3.8, 4) is 0 Å². The smallest absolute Gasteiger partial charge is 0.158 e. The molecule has 0 saturated carbocycles. The Kier molecular flexibility index (Phi) is 1.43. The van der Waals surface area contributed by atoms with E-state index >= 15 is 0 Å². The van der Waals surface area contributed by atoms with Crippen LogP contribution in [-0.4, -0.2) is 18.6 Å². The van der Waals surface area contributed by atoms with Gasteiger partial charge in [0.2, 0.25) is 0 Å². The summed E-state index contributed by atoms with van der Waals surface area (Å²) in [4.78, 5) is 8.21. The van der Waals surface area contributed by atoms with Gasteiger partial charge in [-0.3, -0.25) is 0 Å². The molecule has 0 aromatic rings. The molecular formula is C8H9N3. The third-order valence-corrected chi connectivity index (χ3v) is 1.76. The number of nitrogens with two attached hydrogens (primary N) is 1. The molecular weight excluding hydrogens is 138 g/mol. The molecule has 0 amide bonds. The van der Waals surface area contributed by atoms with Crippen molar-refractivity contribution in [1.29, 1.82) is 0 Å². The standard InChI is InChI=1S/C8H9N3/c9-4-6-3-7-1-2-10-8(7)11-5-6/h1-3,5-6H,4,9H2/t6-/m0/s1. The van der Waals surface area contributed by atoms with Crippen LogP contribution in [0.2, 0.25) is 0 Å². The van der Waals surface area contributed by atoms with Crippen LogP contribution < -0.4 is 5.73 Å². The van der Waals surface area contributed by atoms with Gasteiger partial charge in [-0.1, -0.05) is 6.08 Å². The molecule has 0 fully saturated rings. The average Bonchev–Trinajstić information content (AvgIpc) is 2.50. The van der Waals surface area contributed by atoms with E-state index in [2.05, 4.69) is 16.1 Å². The van der Waals surface area contributed by atoms with Gasteiger partial charge in [0.15, 0.2) is 5.84 Å². The van der Waals surface area contributed by atoms with Gasteiger partial charge in [0, 0.05) is 30.5 Å². The molecule has 0 spiro atoms. The van der Waals surface area contributed by atoms with E-state index in [4.69, 9.17) is 5.73 Å². The largest absolute Gasteiger partial charge is 0.330 e. The lowest BCUT2D eigenvalue weighted by Crippen LogP contribution is -2.18. The molecule has 0 radical (unpaired) electrons. The van der Waals surface area contributed by atoms with Gasteiger partial charge in [0.1, 0.15) is 0 Å². The van der Waals surface area contributed by atoms with Crippen LogP contribution in [0.15, 0.2) is 33.9 Å². The first-order chi connectivity index (χ1) is 5.40. The van der Waals surface area contributed by atoms with Crippen LogP contribution in [-0.2, 0) is 0 Å². The summed E-state index contributed by atoms with van der Waals surface area (Å²) in [6, 6.07) is 0. The number of amidine groups is 1. The number of dihydropyridines is 1. The lowest BCUT2D eigenvalue weighted by atomic mass is 10.0. The normalized spacial score (nSPS) is 26.5. The number of hydrogen-bond donors (Lipinski definition) is 1. The highest BCUT2D eigenvalue weighted by Crippen LogP contribution is 2.16. The molecule has 0 bridgehead atoms. The lowest BCUT2D eigenvalue weighted by Gasteiger charge is -2.09. The molecule has 0 aromatic carbocycles. The molecule has 2 aliphatic rings. The Labute approximate surface area is 65.0 Å².